The van der Waals surface area contributed by atoms with Crippen molar-refractivity contribution in [3.63, 3.8) is 0 Å². The van der Waals surface area contributed by atoms with Crippen LogP contribution in [0.15, 0.2) is 30.3 Å². The van der Waals surface area contributed by atoms with Gasteiger partial charge in [-0.05, 0) is 19.5 Å². The lowest BCUT2D eigenvalue weighted by molar-refractivity contribution is 0.863. The van der Waals surface area contributed by atoms with Crippen LogP contribution in [0.25, 0.3) is 0 Å². The summed E-state index contributed by atoms with van der Waals surface area (Å²) in [5.41, 5.74) is 1.25. The van der Waals surface area contributed by atoms with E-state index < -0.39 is 0 Å². The van der Waals surface area contributed by atoms with Crippen LogP contribution in [0.4, 0.5) is 0 Å². The number of nitrogens with one attached hydrogen (secondary N) is 1. The van der Waals surface area contributed by atoms with Gasteiger partial charge < -0.3 is 5.32 Å². The molecule has 0 aliphatic heterocycles. The van der Waals surface area contributed by atoms with Crippen LogP contribution in [0.2, 0.25) is 0 Å². The smallest absolute Gasteiger partial charge is 0.0627 e. The average molecular weight is 134 g/mol. The second-order valence-electron chi connectivity index (χ2n) is 2.24. The quantitative estimate of drug-likeness (QED) is 0.650. The van der Waals surface area contributed by atoms with Gasteiger partial charge >= 0.3 is 0 Å². The Hall–Kier alpha value is -0.820. The van der Waals surface area contributed by atoms with Gasteiger partial charge in [0.15, 0.2) is 0 Å². The minimum atomic E-state index is 1.21. The average Bonchev–Trinajstić information content (AvgIpc) is 2.05. The lowest BCUT2D eigenvalue weighted by atomic mass is 10.1. The van der Waals surface area contributed by atoms with Gasteiger partial charge in [-0.1, -0.05) is 30.3 Å². The minimum absolute atomic E-state index is 1.21. The summed E-state index contributed by atoms with van der Waals surface area (Å²) >= 11 is 0. The lowest BCUT2D eigenvalue weighted by Crippen LogP contribution is -2.12. The van der Waals surface area contributed by atoms with Crippen LogP contribution in [0, 0.1) is 6.04 Å². The van der Waals surface area contributed by atoms with Crippen LogP contribution in [0.5, 0.6) is 0 Å². The highest BCUT2D eigenvalue weighted by Crippen LogP contribution is 2.08. The maximum absolute atomic E-state index is 3.10. The van der Waals surface area contributed by atoms with Gasteiger partial charge in [0.25, 0.3) is 0 Å². The molecule has 53 valence electrons. The Morgan fingerprint density at radius 2 is 1.80 bits per heavy atom. The van der Waals surface area contributed by atoms with Crippen LogP contribution < -0.4 is 5.32 Å². The fraction of sp³-hybridized carbons (Fsp3) is 0.222. The summed E-state index contributed by atoms with van der Waals surface area (Å²) in [6, 6.07) is 11.5. The molecule has 10 heavy (non-hydrogen) atoms. The molecule has 0 aliphatic carbocycles. The third kappa shape index (κ3) is 1.58. The van der Waals surface area contributed by atoms with Gasteiger partial charge in [-0.3, -0.25) is 0 Å². The molecule has 1 aromatic carbocycles. The van der Waals surface area contributed by atoms with Gasteiger partial charge in [-0.25, -0.2) is 0 Å². The number of benzene rings is 1. The lowest BCUT2D eigenvalue weighted by Gasteiger charge is -2.07. The van der Waals surface area contributed by atoms with Crippen molar-refractivity contribution in [2.75, 3.05) is 7.05 Å². The Kier molecular flexibility index (Phi) is 2.46. The monoisotopic (exact) mass is 134 g/mol. The first-order chi connectivity index (χ1) is 4.84. The summed E-state index contributed by atoms with van der Waals surface area (Å²) in [6.45, 7) is 2.06. The summed E-state index contributed by atoms with van der Waals surface area (Å²) in [5.74, 6) is 0. The van der Waals surface area contributed by atoms with Crippen molar-refractivity contribution in [3.8, 4) is 0 Å². The van der Waals surface area contributed by atoms with Gasteiger partial charge in [0.1, 0.15) is 0 Å². The highest BCUT2D eigenvalue weighted by Gasteiger charge is 1.99. The van der Waals surface area contributed by atoms with Crippen molar-refractivity contribution in [1.29, 1.82) is 0 Å². The molecular weight excluding hydrogens is 122 g/mol. The van der Waals surface area contributed by atoms with Crippen LogP contribution in [-0.4, -0.2) is 7.05 Å². The second-order valence-corrected chi connectivity index (χ2v) is 2.24. The molecule has 1 aromatic rings. The van der Waals surface area contributed by atoms with Crippen molar-refractivity contribution in [2.45, 2.75) is 6.92 Å². The molecule has 0 saturated heterocycles. The van der Waals surface area contributed by atoms with E-state index in [-0.39, 0.29) is 0 Å². The van der Waals surface area contributed by atoms with Gasteiger partial charge in [0.2, 0.25) is 0 Å². The second kappa shape index (κ2) is 3.37. The maximum atomic E-state index is 3.10. The van der Waals surface area contributed by atoms with Gasteiger partial charge in [-0.15, -0.1) is 0 Å². The summed E-state index contributed by atoms with van der Waals surface area (Å²) in [7, 11) is 1.93. The topological polar surface area (TPSA) is 12.0 Å². The summed E-state index contributed by atoms with van der Waals surface area (Å²) in [4.78, 5) is 0. The first-order valence-corrected chi connectivity index (χ1v) is 3.41. The molecule has 0 aliphatic rings. The Labute approximate surface area is 62.1 Å². The van der Waals surface area contributed by atoms with Crippen LogP contribution in [0.3, 0.4) is 0 Å². The molecule has 0 heterocycles. The molecule has 0 bridgehead atoms. The predicted octanol–water partition coefficient (Wildman–Crippen LogP) is 1.81. The van der Waals surface area contributed by atoms with E-state index in [1.807, 2.05) is 25.2 Å². The zero-order valence-corrected chi connectivity index (χ0v) is 6.39. The third-order valence-electron chi connectivity index (χ3n) is 1.58. The van der Waals surface area contributed by atoms with Gasteiger partial charge in [0, 0.05) is 0 Å². The number of hydrogen-bond donors (Lipinski definition) is 1. The Morgan fingerprint density at radius 1 is 1.20 bits per heavy atom. The van der Waals surface area contributed by atoms with E-state index in [4.69, 9.17) is 0 Å². The fourth-order valence-electron chi connectivity index (χ4n) is 0.832. The third-order valence-corrected chi connectivity index (χ3v) is 1.58. The first kappa shape index (κ1) is 7.29. The molecule has 0 saturated carbocycles. The van der Waals surface area contributed by atoms with Crippen LogP contribution in [-0.2, 0) is 0 Å². The van der Waals surface area contributed by atoms with E-state index in [1.54, 1.807) is 0 Å². The standard InChI is InChI=1S/C9H12N/c1-8(10-2)9-6-4-3-5-7-9/h3-7,10H,1-2H3. The van der Waals surface area contributed by atoms with Crippen molar-refractivity contribution >= 4 is 0 Å². The molecule has 0 unspecified atom stereocenters. The van der Waals surface area contributed by atoms with E-state index in [1.165, 1.54) is 11.6 Å². The van der Waals surface area contributed by atoms with E-state index in [9.17, 15) is 0 Å². The highest BCUT2D eigenvalue weighted by molar-refractivity contribution is 5.27. The predicted molar refractivity (Wildman–Crippen MR) is 43.5 cm³/mol. The van der Waals surface area contributed by atoms with Gasteiger partial charge in [0.05, 0.1) is 6.04 Å². The van der Waals surface area contributed by atoms with Crippen LogP contribution >= 0.6 is 0 Å². The molecule has 1 N–H and O–H groups in total. The van der Waals surface area contributed by atoms with Crippen LogP contribution in [0.1, 0.15) is 12.5 Å². The molecule has 0 aromatic heterocycles. The Morgan fingerprint density at radius 3 is 2.30 bits per heavy atom. The van der Waals surface area contributed by atoms with Crippen molar-refractivity contribution < 1.29 is 0 Å². The highest BCUT2D eigenvalue weighted by atomic mass is 14.8. The van der Waals surface area contributed by atoms with Crippen molar-refractivity contribution in [3.05, 3.63) is 41.9 Å². The summed E-state index contributed by atoms with van der Waals surface area (Å²) in [5, 5.41) is 3.10. The first-order valence-electron chi connectivity index (χ1n) is 3.41. The maximum Gasteiger partial charge on any atom is 0.0627 e. The Balaban J connectivity index is 2.75. The zero-order valence-electron chi connectivity index (χ0n) is 6.39. The molecule has 1 heteroatoms. The van der Waals surface area contributed by atoms with E-state index >= 15 is 0 Å². The largest absolute Gasteiger partial charge is 0.309 e. The minimum Gasteiger partial charge on any atom is -0.309 e. The molecule has 0 amide bonds. The summed E-state index contributed by atoms with van der Waals surface area (Å²) in [6.07, 6.45) is 0. The molecule has 0 spiro atoms. The fourth-order valence-corrected chi connectivity index (χ4v) is 0.832. The van der Waals surface area contributed by atoms with E-state index in [0.717, 1.165) is 0 Å². The molecule has 0 atom stereocenters. The molecule has 0 fully saturated rings. The van der Waals surface area contributed by atoms with Crippen molar-refractivity contribution in [1.82, 2.24) is 5.32 Å². The van der Waals surface area contributed by atoms with Crippen molar-refractivity contribution in [2.24, 2.45) is 0 Å². The normalized spacial score (nSPS) is 10.3. The number of rotatable bonds is 2. The van der Waals surface area contributed by atoms with E-state index in [0.29, 0.717) is 0 Å². The molecule has 1 rings (SSSR count). The van der Waals surface area contributed by atoms with Gasteiger partial charge in [-0.2, -0.15) is 0 Å². The van der Waals surface area contributed by atoms with E-state index in [2.05, 4.69) is 24.4 Å². The number of hydrogen-bond acceptors (Lipinski definition) is 1. The summed E-state index contributed by atoms with van der Waals surface area (Å²) < 4.78 is 0. The Bertz CT molecular complexity index is 181. The zero-order chi connectivity index (χ0) is 7.40. The molecule has 1 nitrogen and oxygen atoms in total. The molecular formula is C9H12N. The molecule has 1 radical (unpaired) electrons. The SMILES string of the molecule is CN[C](C)c1ccccc1.